The smallest absolute Gasteiger partial charge is 0.246 e. The maximum absolute atomic E-state index is 12.9. The van der Waals surface area contributed by atoms with Gasteiger partial charge in [0, 0.05) is 24.8 Å². The summed E-state index contributed by atoms with van der Waals surface area (Å²) in [6, 6.07) is 10.0. The van der Waals surface area contributed by atoms with Crippen molar-refractivity contribution in [3.05, 3.63) is 35.9 Å². The van der Waals surface area contributed by atoms with Crippen molar-refractivity contribution in [2.45, 2.75) is 31.2 Å². The number of amides is 2. The maximum Gasteiger partial charge on any atom is 0.246 e. The Morgan fingerprint density at radius 2 is 1.78 bits per heavy atom. The van der Waals surface area contributed by atoms with E-state index in [1.807, 2.05) is 28.0 Å². The zero-order valence-electron chi connectivity index (χ0n) is 13.2. The highest BCUT2D eigenvalue weighted by Crippen LogP contribution is 2.49. The van der Waals surface area contributed by atoms with Crippen molar-refractivity contribution in [3.8, 4) is 0 Å². The van der Waals surface area contributed by atoms with Crippen molar-refractivity contribution in [1.82, 2.24) is 9.80 Å². The van der Waals surface area contributed by atoms with Gasteiger partial charge in [0.15, 0.2) is 0 Å². The summed E-state index contributed by atoms with van der Waals surface area (Å²) in [5.41, 5.74) is 1.25. The second kappa shape index (κ2) is 6.19. The Balaban J connectivity index is 1.43. The second-order valence-corrected chi connectivity index (χ2v) is 7.72. The SMILES string of the molecule is O=C([C@@H]1CSCN1C(=O)[C@@H]1C[C@@H]1c1ccccc1)N1CCCC1. The fourth-order valence-corrected chi connectivity index (χ4v) is 4.92. The molecule has 3 aliphatic rings. The third kappa shape index (κ3) is 2.87. The average molecular weight is 330 g/mol. The lowest BCUT2D eigenvalue weighted by molar-refractivity contribution is -0.143. The molecule has 1 saturated carbocycles. The first-order valence-corrected chi connectivity index (χ1v) is 9.63. The van der Waals surface area contributed by atoms with Gasteiger partial charge in [0.25, 0.3) is 0 Å². The molecule has 0 bridgehead atoms. The molecule has 122 valence electrons. The van der Waals surface area contributed by atoms with Crippen LogP contribution >= 0.6 is 11.8 Å². The van der Waals surface area contributed by atoms with Crippen molar-refractivity contribution in [2.24, 2.45) is 5.92 Å². The molecule has 0 aromatic heterocycles. The lowest BCUT2D eigenvalue weighted by Crippen LogP contribution is -2.48. The molecule has 4 rings (SSSR count). The standard InChI is InChI=1S/C18H22N2O2S/c21-17(15-10-14(15)13-6-2-1-3-7-13)20-12-23-11-16(20)18(22)19-8-4-5-9-19/h1-3,6-7,14-16H,4-5,8-12H2/t14-,15-,16+/m1/s1. The Kier molecular flexibility index (Phi) is 4.05. The normalized spacial score (nSPS) is 29.8. The molecule has 23 heavy (non-hydrogen) atoms. The lowest BCUT2D eigenvalue weighted by Gasteiger charge is -2.27. The summed E-state index contributed by atoms with van der Waals surface area (Å²) in [6.45, 7) is 1.72. The monoisotopic (exact) mass is 330 g/mol. The van der Waals surface area contributed by atoms with E-state index in [1.54, 1.807) is 11.8 Å². The predicted molar refractivity (Wildman–Crippen MR) is 91.1 cm³/mol. The topological polar surface area (TPSA) is 40.6 Å². The van der Waals surface area contributed by atoms with Crippen molar-refractivity contribution in [2.75, 3.05) is 24.7 Å². The van der Waals surface area contributed by atoms with Crippen LogP contribution in [0.4, 0.5) is 0 Å². The number of benzene rings is 1. The van der Waals surface area contributed by atoms with Crippen LogP contribution in [0.1, 0.15) is 30.7 Å². The molecule has 2 aliphatic heterocycles. The van der Waals surface area contributed by atoms with E-state index in [4.69, 9.17) is 0 Å². The fraction of sp³-hybridized carbons (Fsp3) is 0.556. The summed E-state index contributed by atoms with van der Waals surface area (Å²) in [4.78, 5) is 29.3. The largest absolute Gasteiger partial charge is 0.341 e. The van der Waals surface area contributed by atoms with Gasteiger partial charge < -0.3 is 9.80 Å². The molecule has 0 N–H and O–H groups in total. The minimum Gasteiger partial charge on any atom is -0.341 e. The maximum atomic E-state index is 12.9. The Labute approximate surface area is 141 Å². The molecule has 2 amide bonds. The molecule has 2 saturated heterocycles. The van der Waals surface area contributed by atoms with Crippen LogP contribution in [0.15, 0.2) is 30.3 Å². The van der Waals surface area contributed by atoms with Crippen LogP contribution in [-0.2, 0) is 9.59 Å². The zero-order chi connectivity index (χ0) is 15.8. The van der Waals surface area contributed by atoms with Gasteiger partial charge in [-0.25, -0.2) is 0 Å². The molecule has 5 heteroatoms. The van der Waals surface area contributed by atoms with Crippen LogP contribution < -0.4 is 0 Å². The summed E-state index contributed by atoms with van der Waals surface area (Å²) in [7, 11) is 0. The van der Waals surface area contributed by atoms with Crippen molar-refractivity contribution < 1.29 is 9.59 Å². The van der Waals surface area contributed by atoms with Gasteiger partial charge in [0.05, 0.1) is 5.88 Å². The molecule has 0 spiro atoms. The van der Waals surface area contributed by atoms with Crippen molar-refractivity contribution in [1.29, 1.82) is 0 Å². The molecule has 3 fully saturated rings. The van der Waals surface area contributed by atoms with E-state index >= 15 is 0 Å². The summed E-state index contributed by atoms with van der Waals surface area (Å²) >= 11 is 1.71. The highest BCUT2D eigenvalue weighted by molar-refractivity contribution is 7.99. The number of nitrogens with zero attached hydrogens (tertiary/aromatic N) is 2. The number of rotatable bonds is 3. The minimum absolute atomic E-state index is 0.0741. The quantitative estimate of drug-likeness (QED) is 0.854. The van der Waals surface area contributed by atoms with Crippen molar-refractivity contribution in [3.63, 3.8) is 0 Å². The molecule has 4 nitrogen and oxygen atoms in total. The van der Waals surface area contributed by atoms with E-state index in [9.17, 15) is 9.59 Å². The van der Waals surface area contributed by atoms with Gasteiger partial charge in [0.2, 0.25) is 11.8 Å². The van der Waals surface area contributed by atoms with Crippen LogP contribution in [0.2, 0.25) is 0 Å². The van der Waals surface area contributed by atoms with Crippen molar-refractivity contribution >= 4 is 23.6 Å². The molecule has 0 unspecified atom stereocenters. The van der Waals surface area contributed by atoms with E-state index in [0.717, 1.165) is 38.1 Å². The molecule has 2 heterocycles. The molecule has 1 aromatic carbocycles. The Morgan fingerprint density at radius 3 is 2.52 bits per heavy atom. The Hall–Kier alpha value is -1.49. The van der Waals surface area contributed by atoms with Gasteiger partial charge in [0.1, 0.15) is 6.04 Å². The summed E-state index contributed by atoms with van der Waals surface area (Å²) in [5.74, 6) is 2.19. The molecular weight excluding hydrogens is 308 g/mol. The molecule has 3 atom stereocenters. The molecular formula is C18H22N2O2S. The van der Waals surface area contributed by atoms with Gasteiger partial charge in [-0.1, -0.05) is 30.3 Å². The molecule has 0 radical (unpaired) electrons. The first-order valence-electron chi connectivity index (χ1n) is 8.47. The van der Waals surface area contributed by atoms with Crippen LogP contribution in [0.3, 0.4) is 0 Å². The lowest BCUT2D eigenvalue weighted by atomic mass is 10.1. The number of hydrogen-bond donors (Lipinski definition) is 0. The van der Waals surface area contributed by atoms with Crippen LogP contribution in [-0.4, -0.2) is 52.4 Å². The van der Waals surface area contributed by atoms with Crippen LogP contribution in [0.25, 0.3) is 0 Å². The third-order valence-electron chi connectivity index (χ3n) is 5.20. The summed E-state index contributed by atoms with van der Waals surface area (Å²) in [5, 5.41) is 0. The van der Waals surface area contributed by atoms with Gasteiger partial charge in [-0.15, -0.1) is 11.8 Å². The van der Waals surface area contributed by atoms with E-state index in [-0.39, 0.29) is 23.8 Å². The summed E-state index contributed by atoms with van der Waals surface area (Å²) in [6.07, 6.45) is 3.12. The first-order chi connectivity index (χ1) is 11.3. The highest BCUT2D eigenvalue weighted by Gasteiger charge is 2.49. The van der Waals surface area contributed by atoms with Crippen LogP contribution in [0, 0.1) is 5.92 Å². The zero-order valence-corrected chi connectivity index (χ0v) is 14.0. The summed E-state index contributed by atoms with van der Waals surface area (Å²) < 4.78 is 0. The van der Waals surface area contributed by atoms with Gasteiger partial charge in [-0.2, -0.15) is 0 Å². The number of carbonyl (C=O) groups excluding carboxylic acids is 2. The number of carbonyl (C=O) groups is 2. The third-order valence-corrected chi connectivity index (χ3v) is 6.22. The van der Waals surface area contributed by atoms with Gasteiger partial charge in [-0.05, 0) is 30.7 Å². The second-order valence-electron chi connectivity index (χ2n) is 6.72. The van der Waals surface area contributed by atoms with E-state index in [1.165, 1.54) is 5.56 Å². The molecule has 1 aromatic rings. The number of hydrogen-bond acceptors (Lipinski definition) is 3. The Bertz CT molecular complexity index is 600. The fourth-order valence-electron chi connectivity index (χ4n) is 3.76. The predicted octanol–water partition coefficient (Wildman–Crippen LogP) is 2.31. The Morgan fingerprint density at radius 1 is 1.04 bits per heavy atom. The first kappa shape index (κ1) is 15.1. The molecule has 1 aliphatic carbocycles. The highest BCUT2D eigenvalue weighted by atomic mass is 32.2. The van der Waals surface area contributed by atoms with E-state index in [0.29, 0.717) is 11.8 Å². The minimum atomic E-state index is -0.234. The van der Waals surface area contributed by atoms with E-state index in [2.05, 4.69) is 12.1 Å². The van der Waals surface area contributed by atoms with Gasteiger partial charge in [-0.3, -0.25) is 9.59 Å². The van der Waals surface area contributed by atoms with Crippen LogP contribution in [0.5, 0.6) is 0 Å². The number of thioether (sulfide) groups is 1. The van der Waals surface area contributed by atoms with E-state index < -0.39 is 0 Å². The number of likely N-dealkylation sites (tertiary alicyclic amines) is 1. The average Bonchev–Trinajstić information content (AvgIpc) is 3.01. The van der Waals surface area contributed by atoms with Gasteiger partial charge >= 0.3 is 0 Å².